The van der Waals surface area contributed by atoms with Gasteiger partial charge in [-0.3, -0.25) is 9.52 Å². The van der Waals surface area contributed by atoms with Crippen LogP contribution in [0.1, 0.15) is 41.0 Å². The summed E-state index contributed by atoms with van der Waals surface area (Å²) in [4.78, 5) is 15.1. The number of sulfonamides is 1. The molecule has 0 saturated carbocycles. The van der Waals surface area contributed by atoms with E-state index in [1.807, 2.05) is 0 Å². The average molecular weight is 436 g/mol. The van der Waals surface area contributed by atoms with Crippen LogP contribution in [-0.2, 0) is 17.1 Å². The van der Waals surface area contributed by atoms with E-state index in [0.29, 0.717) is 36.0 Å². The topological polar surface area (TPSA) is 89.9 Å². The molecule has 1 aliphatic rings. The molecule has 30 heavy (non-hydrogen) atoms. The first-order valence-electron chi connectivity index (χ1n) is 9.91. The summed E-state index contributed by atoms with van der Waals surface area (Å²) in [6.07, 6.45) is 2.94. The van der Waals surface area contributed by atoms with Gasteiger partial charge in [-0.05, 0) is 45.2 Å². The fourth-order valence-corrected chi connectivity index (χ4v) is 5.42. The second-order valence-corrected chi connectivity index (χ2v) is 9.08. The number of nitrogens with zero attached hydrogens (tertiary/aromatic N) is 2. The Balaban J connectivity index is 2.06. The minimum absolute atomic E-state index is 0.0101. The van der Waals surface area contributed by atoms with Crippen LogP contribution in [0.3, 0.4) is 0 Å². The van der Waals surface area contributed by atoms with E-state index in [0.717, 1.165) is 19.3 Å². The monoisotopic (exact) mass is 435 g/mol. The summed E-state index contributed by atoms with van der Waals surface area (Å²) in [7, 11) is 0.692. The van der Waals surface area contributed by atoms with E-state index in [1.165, 1.54) is 14.2 Å². The van der Waals surface area contributed by atoms with E-state index in [-0.39, 0.29) is 22.1 Å². The third kappa shape index (κ3) is 3.98. The van der Waals surface area contributed by atoms with Crippen LogP contribution in [0.4, 0.5) is 5.69 Å². The minimum Gasteiger partial charge on any atom is -0.497 e. The van der Waals surface area contributed by atoms with E-state index in [1.54, 1.807) is 48.6 Å². The van der Waals surface area contributed by atoms with E-state index >= 15 is 0 Å². The maximum Gasteiger partial charge on any atom is 0.264 e. The maximum absolute atomic E-state index is 13.4. The van der Waals surface area contributed by atoms with Gasteiger partial charge in [0.15, 0.2) is 0 Å². The van der Waals surface area contributed by atoms with Crippen LogP contribution in [0.15, 0.2) is 23.1 Å². The van der Waals surface area contributed by atoms with Crippen molar-refractivity contribution in [3.8, 4) is 11.5 Å². The molecule has 9 heteroatoms. The number of hydrogen-bond donors (Lipinski definition) is 1. The molecule has 2 heterocycles. The highest BCUT2D eigenvalue weighted by Gasteiger charge is 2.33. The van der Waals surface area contributed by atoms with Crippen molar-refractivity contribution >= 4 is 21.6 Å². The van der Waals surface area contributed by atoms with E-state index in [2.05, 4.69) is 4.72 Å². The molecule has 1 saturated heterocycles. The first kappa shape index (κ1) is 22.0. The molecular formula is C21H29N3O5S. The largest absolute Gasteiger partial charge is 0.497 e. The molecule has 1 aliphatic heterocycles. The molecule has 2 aromatic rings. The Morgan fingerprint density at radius 3 is 2.30 bits per heavy atom. The molecule has 0 unspecified atom stereocenters. The highest BCUT2D eigenvalue weighted by molar-refractivity contribution is 7.92. The third-order valence-electron chi connectivity index (χ3n) is 5.70. The molecule has 164 valence electrons. The number of piperidine rings is 1. The highest BCUT2D eigenvalue weighted by atomic mass is 32.2. The van der Waals surface area contributed by atoms with Gasteiger partial charge in [-0.15, -0.1) is 0 Å². The van der Waals surface area contributed by atoms with Gasteiger partial charge in [0, 0.05) is 37.6 Å². The Kier molecular flexibility index (Phi) is 6.30. The Bertz CT molecular complexity index is 1050. The number of aromatic nitrogens is 1. The molecule has 8 nitrogen and oxygen atoms in total. The lowest BCUT2D eigenvalue weighted by Crippen LogP contribution is -2.36. The van der Waals surface area contributed by atoms with Crippen LogP contribution in [0, 0.1) is 13.8 Å². The Morgan fingerprint density at radius 1 is 1.03 bits per heavy atom. The molecular weight excluding hydrogens is 406 g/mol. The summed E-state index contributed by atoms with van der Waals surface area (Å²) < 4.78 is 41.7. The van der Waals surface area contributed by atoms with Gasteiger partial charge in [0.2, 0.25) is 0 Å². The van der Waals surface area contributed by atoms with Crippen molar-refractivity contribution in [1.29, 1.82) is 0 Å². The average Bonchev–Trinajstić information content (AvgIpc) is 2.98. The summed E-state index contributed by atoms with van der Waals surface area (Å²) in [5.41, 5.74) is 1.64. The number of benzene rings is 1. The number of amides is 1. The minimum atomic E-state index is -4.05. The zero-order valence-corrected chi connectivity index (χ0v) is 18.9. The lowest BCUT2D eigenvalue weighted by Gasteiger charge is -2.27. The summed E-state index contributed by atoms with van der Waals surface area (Å²) in [5, 5.41) is 0. The summed E-state index contributed by atoms with van der Waals surface area (Å²) in [6, 6.07) is 4.82. The second-order valence-electron chi connectivity index (χ2n) is 7.46. The molecule has 0 bridgehead atoms. The van der Waals surface area contributed by atoms with Gasteiger partial charge in [0.25, 0.3) is 15.9 Å². The van der Waals surface area contributed by atoms with Gasteiger partial charge < -0.3 is 18.9 Å². The van der Waals surface area contributed by atoms with Crippen LogP contribution in [-0.4, -0.2) is 51.1 Å². The molecule has 0 radical (unpaired) electrons. The van der Waals surface area contributed by atoms with E-state index in [9.17, 15) is 13.2 Å². The Labute approximate surface area is 177 Å². The predicted molar refractivity (Wildman–Crippen MR) is 115 cm³/mol. The zero-order valence-electron chi connectivity index (χ0n) is 18.1. The highest BCUT2D eigenvalue weighted by Crippen LogP contribution is 2.34. The molecule has 0 atom stereocenters. The maximum atomic E-state index is 13.4. The van der Waals surface area contributed by atoms with Crippen molar-refractivity contribution in [2.75, 3.05) is 32.0 Å². The molecule has 0 spiro atoms. The summed E-state index contributed by atoms with van der Waals surface area (Å²) in [5.74, 6) is 0.632. The number of nitrogens with one attached hydrogen (secondary N) is 1. The van der Waals surface area contributed by atoms with Crippen LogP contribution in [0.2, 0.25) is 0 Å². The van der Waals surface area contributed by atoms with Crippen LogP contribution < -0.4 is 14.2 Å². The lowest BCUT2D eigenvalue weighted by molar-refractivity contribution is 0.0720. The van der Waals surface area contributed by atoms with E-state index in [4.69, 9.17) is 9.47 Å². The van der Waals surface area contributed by atoms with Crippen molar-refractivity contribution in [2.45, 2.75) is 38.0 Å². The number of carbonyl (C=O) groups excluding carboxylic acids is 1. The van der Waals surface area contributed by atoms with Crippen LogP contribution >= 0.6 is 0 Å². The number of carbonyl (C=O) groups is 1. The normalized spacial score (nSPS) is 14.5. The zero-order chi connectivity index (χ0) is 22.1. The molecule has 1 fully saturated rings. The lowest BCUT2D eigenvalue weighted by atomic mass is 10.1. The number of rotatable bonds is 6. The van der Waals surface area contributed by atoms with Gasteiger partial charge in [-0.25, -0.2) is 8.42 Å². The van der Waals surface area contributed by atoms with E-state index < -0.39 is 10.0 Å². The number of methoxy groups -OCH3 is 2. The number of ether oxygens (including phenoxy) is 2. The quantitative estimate of drug-likeness (QED) is 0.753. The van der Waals surface area contributed by atoms with Crippen molar-refractivity contribution in [1.82, 2.24) is 9.47 Å². The van der Waals surface area contributed by atoms with Crippen molar-refractivity contribution in [3.63, 3.8) is 0 Å². The third-order valence-corrected chi connectivity index (χ3v) is 7.23. The van der Waals surface area contributed by atoms with Gasteiger partial charge in [0.1, 0.15) is 16.4 Å². The molecule has 0 aliphatic carbocycles. The number of hydrogen-bond acceptors (Lipinski definition) is 5. The SMILES string of the molecule is COc1ccc(NS(=O)(=O)c2c(C(=O)N3CCCCC3)c(C)n(C)c2C)c(OC)c1. The Hall–Kier alpha value is -2.68. The number of likely N-dealkylation sites (tertiary alicyclic amines) is 1. The first-order chi connectivity index (χ1) is 14.2. The van der Waals surface area contributed by atoms with Crippen molar-refractivity contribution < 1.29 is 22.7 Å². The fraction of sp³-hybridized carbons (Fsp3) is 0.476. The van der Waals surface area contributed by atoms with Crippen molar-refractivity contribution in [2.24, 2.45) is 7.05 Å². The molecule has 1 N–H and O–H groups in total. The molecule has 1 amide bonds. The van der Waals surface area contributed by atoms with Crippen LogP contribution in [0.5, 0.6) is 11.5 Å². The summed E-state index contributed by atoms with van der Waals surface area (Å²) in [6.45, 7) is 4.77. The second kappa shape index (κ2) is 8.59. The Morgan fingerprint density at radius 2 is 1.70 bits per heavy atom. The predicted octanol–water partition coefficient (Wildman–Crippen LogP) is 3.09. The standard InChI is InChI=1S/C21H29N3O5S/c1-14-19(21(25)24-11-7-6-8-12-24)20(15(2)23(14)3)30(26,27)22-17-10-9-16(28-4)13-18(17)29-5/h9-10,13,22H,6-8,11-12H2,1-5H3. The van der Waals surface area contributed by atoms with Gasteiger partial charge >= 0.3 is 0 Å². The molecule has 1 aromatic heterocycles. The van der Waals surface area contributed by atoms with Gasteiger partial charge in [-0.2, -0.15) is 0 Å². The van der Waals surface area contributed by atoms with Crippen molar-refractivity contribution in [3.05, 3.63) is 35.2 Å². The fourth-order valence-electron chi connectivity index (χ4n) is 3.83. The number of anilines is 1. The summed E-state index contributed by atoms with van der Waals surface area (Å²) >= 11 is 0. The smallest absolute Gasteiger partial charge is 0.264 e. The van der Waals surface area contributed by atoms with Gasteiger partial charge in [-0.1, -0.05) is 0 Å². The first-order valence-corrected chi connectivity index (χ1v) is 11.4. The molecule has 1 aromatic carbocycles. The molecule has 3 rings (SSSR count). The van der Waals surface area contributed by atoms with Crippen LogP contribution in [0.25, 0.3) is 0 Å². The van der Waals surface area contributed by atoms with Gasteiger partial charge in [0.05, 0.1) is 25.5 Å².